The molecule has 0 saturated carbocycles. The van der Waals surface area contributed by atoms with Gasteiger partial charge in [0.15, 0.2) is 0 Å². The van der Waals surface area contributed by atoms with Crippen LogP contribution in [-0.4, -0.2) is 18.1 Å². The van der Waals surface area contributed by atoms with Gasteiger partial charge in [0.1, 0.15) is 11.5 Å². The lowest BCUT2D eigenvalue weighted by Crippen LogP contribution is -2.04. The van der Waals surface area contributed by atoms with Crippen LogP contribution < -0.4 is 5.32 Å². The molecule has 4 nitrogen and oxygen atoms in total. The zero-order valence-electron chi connectivity index (χ0n) is 10.8. The molecule has 0 bridgehead atoms. The maximum atomic E-state index is 13.5. The summed E-state index contributed by atoms with van der Waals surface area (Å²) >= 11 is 0. The molecule has 5 heteroatoms. The number of hydrogen-bond donors (Lipinski definition) is 2. The lowest BCUT2D eigenvalue weighted by atomic mass is 10.2. The van der Waals surface area contributed by atoms with Gasteiger partial charge in [-0.05, 0) is 36.8 Å². The number of aromatic nitrogens is 1. The van der Waals surface area contributed by atoms with E-state index in [1.54, 1.807) is 24.3 Å². The molecule has 2 N–H and O–H groups in total. The van der Waals surface area contributed by atoms with Gasteiger partial charge in [0.25, 0.3) is 0 Å². The Kier molecular flexibility index (Phi) is 3.85. The van der Waals surface area contributed by atoms with Crippen LogP contribution in [0.15, 0.2) is 30.3 Å². The molecule has 0 radical (unpaired) electrons. The van der Waals surface area contributed by atoms with Gasteiger partial charge in [-0.2, -0.15) is 0 Å². The van der Waals surface area contributed by atoms with Crippen LogP contribution in [0.1, 0.15) is 21.7 Å². The van der Waals surface area contributed by atoms with E-state index < -0.39 is 5.97 Å². The molecule has 2 rings (SSSR count). The average Bonchev–Trinajstić information content (AvgIpc) is 2.88. The number of aromatic amines is 1. The highest BCUT2D eigenvalue weighted by Crippen LogP contribution is 2.16. The van der Waals surface area contributed by atoms with Gasteiger partial charge in [0, 0.05) is 5.69 Å². The Bertz CT molecular complexity index is 593. The first-order valence-electron chi connectivity index (χ1n) is 5.86. The predicted octanol–water partition coefficient (Wildman–Crippen LogP) is 2.86. The number of halogens is 1. The summed E-state index contributed by atoms with van der Waals surface area (Å²) in [6.45, 7) is 2.30. The van der Waals surface area contributed by atoms with Crippen molar-refractivity contribution < 1.29 is 13.9 Å². The zero-order chi connectivity index (χ0) is 13.8. The summed E-state index contributed by atoms with van der Waals surface area (Å²) in [6.07, 6.45) is 0. The zero-order valence-corrected chi connectivity index (χ0v) is 10.8. The fourth-order valence-corrected chi connectivity index (χ4v) is 1.74. The lowest BCUT2D eigenvalue weighted by Gasteiger charge is -2.07. The molecule has 1 aromatic carbocycles. The van der Waals surface area contributed by atoms with Crippen molar-refractivity contribution in [2.75, 3.05) is 12.4 Å². The van der Waals surface area contributed by atoms with Crippen LogP contribution in [-0.2, 0) is 11.3 Å². The first kappa shape index (κ1) is 13.1. The second-order valence-corrected chi connectivity index (χ2v) is 4.23. The summed E-state index contributed by atoms with van der Waals surface area (Å²) < 4.78 is 18.1. The average molecular weight is 262 g/mol. The molecule has 1 heterocycles. The van der Waals surface area contributed by atoms with Crippen LogP contribution in [0.2, 0.25) is 0 Å². The maximum absolute atomic E-state index is 13.5. The Morgan fingerprint density at radius 1 is 1.37 bits per heavy atom. The first-order valence-corrected chi connectivity index (χ1v) is 5.86. The second-order valence-electron chi connectivity index (χ2n) is 4.23. The number of anilines is 1. The molecule has 0 aliphatic rings. The van der Waals surface area contributed by atoms with Gasteiger partial charge in [-0.3, -0.25) is 0 Å². The first-order chi connectivity index (χ1) is 9.10. The lowest BCUT2D eigenvalue weighted by molar-refractivity contribution is 0.0594. The van der Waals surface area contributed by atoms with Crippen LogP contribution in [0, 0.1) is 12.7 Å². The molecule has 0 aliphatic heterocycles. The molecule has 2 aromatic rings. The van der Waals surface area contributed by atoms with Gasteiger partial charge < -0.3 is 15.0 Å². The van der Waals surface area contributed by atoms with Gasteiger partial charge in [-0.15, -0.1) is 0 Å². The smallest absolute Gasteiger partial charge is 0.354 e. The van der Waals surface area contributed by atoms with Gasteiger partial charge in [0.2, 0.25) is 0 Å². The molecule has 0 aliphatic carbocycles. The highest BCUT2D eigenvalue weighted by Gasteiger charge is 2.08. The van der Waals surface area contributed by atoms with Gasteiger partial charge in [0.05, 0.1) is 19.3 Å². The monoisotopic (exact) mass is 262 g/mol. The van der Waals surface area contributed by atoms with Crippen LogP contribution >= 0.6 is 0 Å². The molecule has 0 fully saturated rings. The van der Waals surface area contributed by atoms with Crippen LogP contribution in [0.4, 0.5) is 10.1 Å². The highest BCUT2D eigenvalue weighted by atomic mass is 19.1. The van der Waals surface area contributed by atoms with E-state index in [4.69, 9.17) is 0 Å². The third-order valence-corrected chi connectivity index (χ3v) is 2.74. The minimum absolute atomic E-state index is 0.301. The van der Waals surface area contributed by atoms with E-state index in [-0.39, 0.29) is 5.82 Å². The van der Waals surface area contributed by atoms with Crippen molar-refractivity contribution in [3.8, 4) is 0 Å². The maximum Gasteiger partial charge on any atom is 0.354 e. The Morgan fingerprint density at radius 3 is 2.89 bits per heavy atom. The fraction of sp³-hybridized carbons (Fsp3) is 0.214. The molecule has 0 saturated heterocycles. The Labute approximate surface area is 110 Å². The van der Waals surface area contributed by atoms with E-state index >= 15 is 0 Å². The summed E-state index contributed by atoms with van der Waals surface area (Å²) in [4.78, 5) is 14.2. The quantitative estimate of drug-likeness (QED) is 0.833. The molecule has 0 unspecified atom stereocenters. The molecule has 0 spiro atoms. The van der Waals surface area contributed by atoms with Crippen molar-refractivity contribution in [3.05, 3.63) is 53.1 Å². The molecule has 100 valence electrons. The van der Waals surface area contributed by atoms with Gasteiger partial charge >= 0.3 is 5.97 Å². The summed E-state index contributed by atoms with van der Waals surface area (Å²) in [5.74, 6) is -0.724. The van der Waals surface area contributed by atoms with Crippen molar-refractivity contribution in [2.45, 2.75) is 13.5 Å². The van der Waals surface area contributed by atoms with Gasteiger partial charge in [-0.1, -0.05) is 6.07 Å². The third-order valence-electron chi connectivity index (χ3n) is 2.74. The SMILES string of the molecule is COC(=O)c1ccc(CNc2cc(C)ccc2F)[nH]1. The number of hydrogen-bond acceptors (Lipinski definition) is 3. The number of H-pyrrole nitrogens is 1. The van der Waals surface area contributed by atoms with Crippen molar-refractivity contribution in [1.82, 2.24) is 4.98 Å². The van der Waals surface area contributed by atoms with Crippen molar-refractivity contribution in [2.24, 2.45) is 0 Å². The Morgan fingerprint density at radius 2 is 2.16 bits per heavy atom. The number of rotatable bonds is 4. The normalized spacial score (nSPS) is 10.3. The Balaban J connectivity index is 2.04. The van der Waals surface area contributed by atoms with E-state index in [9.17, 15) is 9.18 Å². The van der Waals surface area contributed by atoms with Crippen molar-refractivity contribution in [1.29, 1.82) is 0 Å². The van der Waals surface area contributed by atoms with Crippen LogP contribution in [0.3, 0.4) is 0 Å². The molecular weight excluding hydrogens is 247 g/mol. The summed E-state index contributed by atoms with van der Waals surface area (Å²) in [5.41, 5.74) is 2.57. The largest absolute Gasteiger partial charge is 0.464 e. The van der Waals surface area contributed by atoms with E-state index in [2.05, 4.69) is 15.0 Å². The number of ether oxygens (including phenoxy) is 1. The molecular formula is C14H15FN2O2. The number of methoxy groups -OCH3 is 1. The minimum Gasteiger partial charge on any atom is -0.464 e. The number of benzene rings is 1. The number of esters is 1. The van der Waals surface area contributed by atoms with Crippen molar-refractivity contribution >= 4 is 11.7 Å². The minimum atomic E-state index is -0.423. The number of aryl methyl sites for hydroxylation is 1. The van der Waals surface area contributed by atoms with Crippen molar-refractivity contribution in [3.63, 3.8) is 0 Å². The highest BCUT2D eigenvalue weighted by molar-refractivity contribution is 5.87. The molecule has 1 aromatic heterocycles. The topological polar surface area (TPSA) is 54.1 Å². The summed E-state index contributed by atoms with van der Waals surface area (Å²) in [5, 5.41) is 2.98. The van der Waals surface area contributed by atoms with Crippen LogP contribution in [0.5, 0.6) is 0 Å². The summed E-state index contributed by atoms with van der Waals surface area (Å²) in [7, 11) is 1.32. The second kappa shape index (κ2) is 5.56. The van der Waals surface area contributed by atoms with E-state index in [0.717, 1.165) is 11.3 Å². The van der Waals surface area contributed by atoms with E-state index in [1.807, 2.05) is 6.92 Å². The summed E-state index contributed by atoms with van der Waals surface area (Å²) in [6, 6.07) is 8.26. The molecule has 0 amide bonds. The predicted molar refractivity (Wildman–Crippen MR) is 70.6 cm³/mol. The number of carbonyl (C=O) groups is 1. The third kappa shape index (κ3) is 3.13. The molecule has 0 atom stereocenters. The van der Waals surface area contributed by atoms with E-state index in [0.29, 0.717) is 17.9 Å². The standard InChI is InChI=1S/C14H15FN2O2/c1-9-3-5-11(15)13(7-9)16-8-10-4-6-12(17-10)14(18)19-2/h3-7,16-17H,8H2,1-2H3. The van der Waals surface area contributed by atoms with Gasteiger partial charge in [-0.25, -0.2) is 9.18 Å². The Hall–Kier alpha value is -2.30. The van der Waals surface area contributed by atoms with Crippen LogP contribution in [0.25, 0.3) is 0 Å². The fourth-order valence-electron chi connectivity index (χ4n) is 1.74. The molecule has 19 heavy (non-hydrogen) atoms. The number of nitrogens with one attached hydrogen (secondary N) is 2. The van der Waals surface area contributed by atoms with E-state index in [1.165, 1.54) is 13.2 Å². The number of carbonyl (C=O) groups excluding carboxylic acids is 1.